The normalized spacial score (nSPS) is 16.5. The molecule has 1 aliphatic rings. The van der Waals surface area contributed by atoms with Gasteiger partial charge in [-0.1, -0.05) is 47.6 Å². The quantitative estimate of drug-likeness (QED) is 0.562. The topological polar surface area (TPSA) is 80.1 Å². The van der Waals surface area contributed by atoms with Crippen molar-refractivity contribution < 1.29 is 9.26 Å². The van der Waals surface area contributed by atoms with Crippen molar-refractivity contribution in [3.63, 3.8) is 0 Å². The maximum Gasteiger partial charge on any atom is 0.244 e. The Hall–Kier alpha value is -3.45. The van der Waals surface area contributed by atoms with E-state index in [2.05, 4.69) is 32.2 Å². The molecule has 1 aliphatic heterocycles. The number of hydrogen-bond donors (Lipinski definition) is 1. The Balaban J connectivity index is 1.44. The van der Waals surface area contributed by atoms with E-state index in [0.717, 1.165) is 42.2 Å². The van der Waals surface area contributed by atoms with Gasteiger partial charge >= 0.3 is 0 Å². The smallest absolute Gasteiger partial charge is 0.244 e. The van der Waals surface area contributed by atoms with Crippen molar-refractivity contribution in [2.45, 2.75) is 25.6 Å². The highest BCUT2D eigenvalue weighted by Crippen LogP contribution is 2.33. The zero-order valence-electron chi connectivity index (χ0n) is 16.1. The lowest BCUT2D eigenvalue weighted by molar-refractivity contribution is 0.128. The molecule has 0 saturated carbocycles. The summed E-state index contributed by atoms with van der Waals surface area (Å²) in [6, 6.07) is 18.0. The number of imidazole rings is 1. The number of aromatic amines is 1. The summed E-state index contributed by atoms with van der Waals surface area (Å²) in [5, 5.41) is 4.21. The SMILES string of the molecule is COc1ccc(CN2Cc3[nH]cnc3C[C@H]2c2nc(-c3ccccc3)no2)cc1. The van der Waals surface area contributed by atoms with Crippen LogP contribution in [-0.2, 0) is 19.5 Å². The fraction of sp³-hybridized carbons (Fsp3) is 0.227. The van der Waals surface area contributed by atoms with Crippen LogP contribution < -0.4 is 4.74 Å². The average Bonchev–Trinajstić information content (AvgIpc) is 3.44. The molecule has 0 bridgehead atoms. The van der Waals surface area contributed by atoms with Gasteiger partial charge in [-0.15, -0.1) is 0 Å². The van der Waals surface area contributed by atoms with Crippen molar-refractivity contribution >= 4 is 0 Å². The van der Waals surface area contributed by atoms with Crippen molar-refractivity contribution in [2.75, 3.05) is 7.11 Å². The molecule has 0 saturated heterocycles. The largest absolute Gasteiger partial charge is 0.497 e. The van der Waals surface area contributed by atoms with Crippen LogP contribution in [0, 0.1) is 0 Å². The van der Waals surface area contributed by atoms with E-state index in [1.807, 2.05) is 42.5 Å². The van der Waals surface area contributed by atoms with Gasteiger partial charge in [-0.25, -0.2) is 4.98 Å². The zero-order chi connectivity index (χ0) is 19.6. The Labute approximate surface area is 168 Å². The van der Waals surface area contributed by atoms with E-state index >= 15 is 0 Å². The third kappa shape index (κ3) is 3.52. The maximum absolute atomic E-state index is 5.69. The van der Waals surface area contributed by atoms with Gasteiger partial charge in [0.25, 0.3) is 0 Å². The molecule has 1 atom stereocenters. The molecule has 29 heavy (non-hydrogen) atoms. The Kier molecular flexibility index (Phi) is 4.57. The Morgan fingerprint density at radius 3 is 2.76 bits per heavy atom. The Morgan fingerprint density at radius 2 is 1.97 bits per heavy atom. The first-order chi connectivity index (χ1) is 14.3. The lowest BCUT2D eigenvalue weighted by Crippen LogP contribution is -2.34. The summed E-state index contributed by atoms with van der Waals surface area (Å²) < 4.78 is 11.0. The standard InChI is InChI=1S/C22H21N5O2/c1-28-17-9-7-15(8-10-17)12-27-13-19-18(23-14-24-19)11-20(27)22-25-21(26-29-22)16-5-3-2-4-6-16/h2-10,14,20H,11-13H2,1H3,(H,23,24)/t20-/m0/s1. The van der Waals surface area contributed by atoms with Crippen LogP contribution in [0.25, 0.3) is 11.4 Å². The fourth-order valence-electron chi connectivity index (χ4n) is 3.74. The average molecular weight is 387 g/mol. The Bertz CT molecular complexity index is 1090. The first-order valence-electron chi connectivity index (χ1n) is 9.57. The minimum Gasteiger partial charge on any atom is -0.497 e. The van der Waals surface area contributed by atoms with Crippen LogP contribution in [0.4, 0.5) is 0 Å². The van der Waals surface area contributed by atoms with Gasteiger partial charge in [0.1, 0.15) is 5.75 Å². The molecular formula is C22H21N5O2. The van der Waals surface area contributed by atoms with E-state index in [1.54, 1.807) is 13.4 Å². The second-order valence-corrected chi connectivity index (χ2v) is 7.12. The van der Waals surface area contributed by atoms with Crippen LogP contribution >= 0.6 is 0 Å². The molecule has 0 radical (unpaired) electrons. The second kappa shape index (κ2) is 7.52. The summed E-state index contributed by atoms with van der Waals surface area (Å²) in [4.78, 5) is 14.8. The van der Waals surface area contributed by atoms with Crippen LogP contribution in [-0.4, -0.2) is 32.1 Å². The molecule has 0 unspecified atom stereocenters. The predicted octanol–water partition coefficient (Wildman–Crippen LogP) is 3.77. The summed E-state index contributed by atoms with van der Waals surface area (Å²) in [7, 11) is 1.68. The van der Waals surface area contributed by atoms with E-state index in [1.165, 1.54) is 5.56 Å². The van der Waals surface area contributed by atoms with Crippen LogP contribution in [0.1, 0.15) is 28.9 Å². The minimum absolute atomic E-state index is 0.0298. The van der Waals surface area contributed by atoms with Crippen molar-refractivity contribution in [2.24, 2.45) is 0 Å². The van der Waals surface area contributed by atoms with Crippen LogP contribution in [0.2, 0.25) is 0 Å². The number of ether oxygens (including phenoxy) is 1. The third-order valence-electron chi connectivity index (χ3n) is 5.30. The Morgan fingerprint density at radius 1 is 1.14 bits per heavy atom. The van der Waals surface area contributed by atoms with E-state index in [9.17, 15) is 0 Å². The summed E-state index contributed by atoms with van der Waals surface area (Å²) in [6.07, 6.45) is 2.48. The molecule has 7 heteroatoms. The number of methoxy groups -OCH3 is 1. The predicted molar refractivity (Wildman–Crippen MR) is 107 cm³/mol. The molecule has 0 aliphatic carbocycles. The monoisotopic (exact) mass is 387 g/mol. The fourth-order valence-corrected chi connectivity index (χ4v) is 3.74. The maximum atomic E-state index is 5.69. The van der Waals surface area contributed by atoms with Crippen molar-refractivity contribution in [3.05, 3.63) is 83.8 Å². The van der Waals surface area contributed by atoms with Gasteiger partial charge in [0.05, 0.1) is 30.9 Å². The van der Waals surface area contributed by atoms with Crippen LogP contribution in [0.5, 0.6) is 5.75 Å². The van der Waals surface area contributed by atoms with Crippen LogP contribution in [0.15, 0.2) is 65.4 Å². The number of hydrogen-bond acceptors (Lipinski definition) is 6. The number of nitrogens with zero attached hydrogens (tertiary/aromatic N) is 4. The van der Waals surface area contributed by atoms with Crippen LogP contribution in [0.3, 0.4) is 0 Å². The number of rotatable bonds is 5. The summed E-state index contributed by atoms with van der Waals surface area (Å²) in [6.45, 7) is 1.51. The van der Waals surface area contributed by atoms with Gasteiger partial charge in [0, 0.05) is 25.1 Å². The summed E-state index contributed by atoms with van der Waals surface area (Å²) >= 11 is 0. The number of nitrogens with one attached hydrogen (secondary N) is 1. The highest BCUT2D eigenvalue weighted by molar-refractivity contribution is 5.53. The van der Waals surface area contributed by atoms with Crippen molar-refractivity contribution in [3.8, 4) is 17.1 Å². The molecular weight excluding hydrogens is 366 g/mol. The number of fused-ring (bicyclic) bond motifs is 1. The lowest BCUT2D eigenvalue weighted by atomic mass is 10.0. The number of aromatic nitrogens is 4. The second-order valence-electron chi connectivity index (χ2n) is 7.12. The third-order valence-corrected chi connectivity index (χ3v) is 5.30. The van der Waals surface area contributed by atoms with Gasteiger partial charge in [-0.2, -0.15) is 4.98 Å². The first kappa shape index (κ1) is 17.6. The molecule has 3 heterocycles. The summed E-state index contributed by atoms with van der Waals surface area (Å²) in [5.74, 6) is 2.08. The van der Waals surface area contributed by atoms with E-state index in [0.29, 0.717) is 11.7 Å². The molecule has 146 valence electrons. The van der Waals surface area contributed by atoms with Gasteiger partial charge in [0.15, 0.2) is 0 Å². The zero-order valence-corrected chi connectivity index (χ0v) is 16.1. The van der Waals surface area contributed by atoms with Crippen molar-refractivity contribution in [1.29, 1.82) is 0 Å². The highest BCUT2D eigenvalue weighted by Gasteiger charge is 2.33. The van der Waals surface area contributed by atoms with E-state index < -0.39 is 0 Å². The molecule has 4 aromatic rings. The molecule has 5 rings (SSSR count). The van der Waals surface area contributed by atoms with Crippen molar-refractivity contribution in [1.82, 2.24) is 25.0 Å². The van der Waals surface area contributed by atoms with Gasteiger partial charge < -0.3 is 14.2 Å². The molecule has 1 N–H and O–H groups in total. The number of benzene rings is 2. The summed E-state index contributed by atoms with van der Waals surface area (Å²) in [5.41, 5.74) is 4.33. The molecule has 0 amide bonds. The number of H-pyrrole nitrogens is 1. The first-order valence-corrected chi connectivity index (χ1v) is 9.57. The van der Waals surface area contributed by atoms with Gasteiger partial charge in [-0.05, 0) is 17.7 Å². The lowest BCUT2D eigenvalue weighted by Gasteiger charge is -2.32. The van der Waals surface area contributed by atoms with E-state index in [4.69, 9.17) is 14.2 Å². The molecule has 2 aromatic carbocycles. The van der Waals surface area contributed by atoms with Gasteiger partial charge in [0.2, 0.25) is 11.7 Å². The minimum atomic E-state index is -0.0298. The molecule has 0 spiro atoms. The molecule has 0 fully saturated rings. The van der Waals surface area contributed by atoms with E-state index in [-0.39, 0.29) is 6.04 Å². The van der Waals surface area contributed by atoms with Gasteiger partial charge in [-0.3, -0.25) is 4.90 Å². The molecule has 2 aromatic heterocycles. The highest BCUT2D eigenvalue weighted by atomic mass is 16.5. The molecule has 7 nitrogen and oxygen atoms in total.